The van der Waals surface area contributed by atoms with Gasteiger partial charge in [-0.3, -0.25) is 9.89 Å². The molecule has 0 radical (unpaired) electrons. The van der Waals surface area contributed by atoms with Crippen LogP contribution in [-0.4, -0.2) is 43.1 Å². The molecule has 23 heavy (non-hydrogen) atoms. The van der Waals surface area contributed by atoms with Gasteiger partial charge in [0.2, 0.25) is 0 Å². The van der Waals surface area contributed by atoms with Gasteiger partial charge in [-0.2, -0.15) is 0 Å². The fraction of sp³-hybridized carbons (Fsp3) is 0.611. The highest BCUT2D eigenvalue weighted by Gasteiger charge is 2.29. The van der Waals surface area contributed by atoms with Gasteiger partial charge in [-0.25, -0.2) is 0 Å². The molecule has 0 amide bonds. The second kappa shape index (κ2) is 7.68. The van der Waals surface area contributed by atoms with Crippen LogP contribution in [0, 0.1) is 5.92 Å². The molecular weight excluding hydrogens is 288 g/mol. The maximum atomic E-state index is 6.06. The molecule has 0 saturated carbocycles. The summed E-state index contributed by atoms with van der Waals surface area (Å²) in [5.41, 5.74) is 6.91. The molecule has 1 aromatic carbocycles. The lowest BCUT2D eigenvalue weighted by atomic mass is 9.94. The van der Waals surface area contributed by atoms with Crippen molar-refractivity contribution >= 4 is 11.6 Å². The van der Waals surface area contributed by atoms with E-state index in [0.29, 0.717) is 12.5 Å². The Balaban J connectivity index is 1.97. The number of nitrogens with two attached hydrogens (primary N) is 1. The van der Waals surface area contributed by atoms with E-state index in [9.17, 15) is 0 Å². The Morgan fingerprint density at radius 1 is 1.43 bits per heavy atom. The lowest BCUT2D eigenvalue weighted by Gasteiger charge is -2.42. The summed E-state index contributed by atoms with van der Waals surface area (Å²) in [4.78, 5) is 7.08. The molecule has 1 fully saturated rings. The monoisotopic (exact) mass is 318 g/mol. The van der Waals surface area contributed by atoms with Crippen LogP contribution in [0.25, 0.3) is 0 Å². The van der Waals surface area contributed by atoms with Gasteiger partial charge in [0.25, 0.3) is 0 Å². The highest BCUT2D eigenvalue weighted by atomic mass is 16.5. The van der Waals surface area contributed by atoms with Crippen LogP contribution in [0.3, 0.4) is 0 Å². The Bertz CT molecular complexity index is 542. The SMILES string of the molecule is COc1ccccc1NC(N)=NCC(C)(C)N1CCCC(C)C1. The number of methoxy groups -OCH3 is 1. The standard InChI is InChI=1S/C18H30N4O/c1-14-8-7-11-22(12-14)18(2,3)13-20-17(19)21-15-9-5-6-10-16(15)23-4/h5-6,9-10,14H,7-8,11-13H2,1-4H3,(H3,19,20,21). The zero-order valence-corrected chi connectivity index (χ0v) is 14.8. The molecule has 3 N–H and O–H groups in total. The molecule has 2 rings (SSSR count). The number of para-hydroxylation sites is 2. The van der Waals surface area contributed by atoms with Crippen LogP contribution in [-0.2, 0) is 0 Å². The van der Waals surface area contributed by atoms with Gasteiger partial charge in [0.15, 0.2) is 5.96 Å². The maximum Gasteiger partial charge on any atom is 0.193 e. The van der Waals surface area contributed by atoms with Crippen molar-refractivity contribution < 1.29 is 4.74 Å². The van der Waals surface area contributed by atoms with Crippen molar-refractivity contribution in [1.29, 1.82) is 0 Å². The molecule has 5 heteroatoms. The molecule has 1 atom stereocenters. The van der Waals surface area contributed by atoms with Crippen molar-refractivity contribution in [3.05, 3.63) is 24.3 Å². The largest absolute Gasteiger partial charge is 0.495 e. The van der Waals surface area contributed by atoms with E-state index >= 15 is 0 Å². The van der Waals surface area contributed by atoms with E-state index in [4.69, 9.17) is 10.5 Å². The van der Waals surface area contributed by atoms with Crippen LogP contribution in [0.15, 0.2) is 29.3 Å². The second-order valence-electron chi connectivity index (χ2n) is 7.03. The number of hydrogen-bond acceptors (Lipinski definition) is 3. The average Bonchev–Trinajstić information content (AvgIpc) is 2.53. The van der Waals surface area contributed by atoms with Gasteiger partial charge in [-0.15, -0.1) is 0 Å². The zero-order chi connectivity index (χ0) is 16.9. The Hall–Kier alpha value is -1.75. The van der Waals surface area contributed by atoms with Gasteiger partial charge in [-0.1, -0.05) is 19.1 Å². The van der Waals surface area contributed by atoms with E-state index in [1.54, 1.807) is 7.11 Å². The minimum Gasteiger partial charge on any atom is -0.495 e. The van der Waals surface area contributed by atoms with Crippen LogP contribution in [0.2, 0.25) is 0 Å². The number of piperidine rings is 1. The third-order valence-corrected chi connectivity index (χ3v) is 4.52. The van der Waals surface area contributed by atoms with Gasteiger partial charge in [0.05, 0.1) is 19.3 Å². The third-order valence-electron chi connectivity index (χ3n) is 4.52. The molecule has 5 nitrogen and oxygen atoms in total. The first kappa shape index (κ1) is 17.6. The average molecular weight is 318 g/mol. The number of hydrogen-bond donors (Lipinski definition) is 2. The molecule has 0 spiro atoms. The molecule has 1 saturated heterocycles. The minimum atomic E-state index is 0.0156. The topological polar surface area (TPSA) is 62.9 Å². The summed E-state index contributed by atoms with van der Waals surface area (Å²) in [6, 6.07) is 7.70. The normalized spacial score (nSPS) is 20.3. The first-order valence-corrected chi connectivity index (χ1v) is 8.37. The first-order valence-electron chi connectivity index (χ1n) is 8.37. The quantitative estimate of drug-likeness (QED) is 0.647. The summed E-state index contributed by atoms with van der Waals surface area (Å²) in [5.74, 6) is 1.94. The van der Waals surface area contributed by atoms with Crippen molar-refractivity contribution in [3.63, 3.8) is 0 Å². The number of anilines is 1. The van der Waals surface area contributed by atoms with Gasteiger partial charge < -0.3 is 15.8 Å². The summed E-state index contributed by atoms with van der Waals surface area (Å²) in [7, 11) is 1.65. The number of guanidine groups is 1. The smallest absolute Gasteiger partial charge is 0.193 e. The second-order valence-corrected chi connectivity index (χ2v) is 7.03. The van der Waals surface area contributed by atoms with Gasteiger partial charge in [0, 0.05) is 12.1 Å². The Labute approximate surface area is 139 Å². The van der Waals surface area contributed by atoms with Gasteiger partial charge in [-0.05, 0) is 51.3 Å². The molecule has 1 aliphatic rings. The first-order chi connectivity index (χ1) is 10.9. The summed E-state index contributed by atoms with van der Waals surface area (Å²) in [6.45, 7) is 9.77. The predicted octanol–water partition coefficient (Wildman–Crippen LogP) is 2.93. The van der Waals surface area contributed by atoms with E-state index in [0.717, 1.165) is 30.4 Å². The minimum absolute atomic E-state index is 0.0156. The summed E-state index contributed by atoms with van der Waals surface area (Å²) >= 11 is 0. The van der Waals surface area contributed by atoms with Crippen LogP contribution in [0.1, 0.15) is 33.6 Å². The van der Waals surface area contributed by atoms with E-state index < -0.39 is 0 Å². The van der Waals surface area contributed by atoms with Crippen molar-refractivity contribution in [1.82, 2.24) is 4.90 Å². The Morgan fingerprint density at radius 2 is 2.17 bits per heavy atom. The molecule has 0 bridgehead atoms. The van der Waals surface area contributed by atoms with Gasteiger partial charge in [0.1, 0.15) is 5.75 Å². The van der Waals surface area contributed by atoms with E-state index in [-0.39, 0.29) is 5.54 Å². The molecule has 0 aliphatic carbocycles. The number of aliphatic imine (C=N–C) groups is 1. The highest BCUT2D eigenvalue weighted by Crippen LogP contribution is 2.25. The fourth-order valence-corrected chi connectivity index (χ4v) is 3.04. The number of nitrogens with zero attached hydrogens (tertiary/aromatic N) is 2. The van der Waals surface area contributed by atoms with Crippen LogP contribution >= 0.6 is 0 Å². The predicted molar refractivity (Wildman–Crippen MR) is 97.2 cm³/mol. The van der Waals surface area contributed by atoms with Crippen LogP contribution < -0.4 is 15.8 Å². The zero-order valence-electron chi connectivity index (χ0n) is 14.8. The van der Waals surface area contributed by atoms with Crippen molar-refractivity contribution in [2.45, 2.75) is 39.2 Å². The van der Waals surface area contributed by atoms with Crippen LogP contribution in [0.5, 0.6) is 5.75 Å². The lowest BCUT2D eigenvalue weighted by Crippen LogP contribution is -2.51. The van der Waals surface area contributed by atoms with E-state index in [1.165, 1.54) is 12.8 Å². The molecule has 1 unspecified atom stereocenters. The van der Waals surface area contributed by atoms with Crippen molar-refractivity contribution in [2.24, 2.45) is 16.6 Å². The lowest BCUT2D eigenvalue weighted by molar-refractivity contribution is 0.0775. The molecule has 1 aliphatic heterocycles. The summed E-state index contributed by atoms with van der Waals surface area (Å²) in [6.07, 6.45) is 2.59. The van der Waals surface area contributed by atoms with E-state index in [1.807, 2.05) is 24.3 Å². The molecule has 128 valence electrons. The number of nitrogens with one attached hydrogen (secondary N) is 1. The molecule has 0 aromatic heterocycles. The van der Waals surface area contributed by atoms with Crippen molar-refractivity contribution in [2.75, 3.05) is 32.1 Å². The molecule has 1 heterocycles. The Morgan fingerprint density at radius 3 is 2.87 bits per heavy atom. The molecular formula is C18H30N4O. The van der Waals surface area contributed by atoms with Crippen molar-refractivity contribution in [3.8, 4) is 5.75 Å². The van der Waals surface area contributed by atoms with Crippen LogP contribution in [0.4, 0.5) is 5.69 Å². The number of benzene rings is 1. The highest BCUT2D eigenvalue weighted by molar-refractivity contribution is 5.93. The maximum absolute atomic E-state index is 6.06. The summed E-state index contributed by atoms with van der Waals surface area (Å²) < 4.78 is 5.32. The number of rotatable bonds is 5. The summed E-state index contributed by atoms with van der Waals surface area (Å²) in [5, 5.41) is 3.13. The van der Waals surface area contributed by atoms with Gasteiger partial charge >= 0.3 is 0 Å². The number of ether oxygens (including phenoxy) is 1. The third kappa shape index (κ3) is 4.86. The Kier molecular flexibility index (Phi) is 5.88. The van der Waals surface area contributed by atoms with E-state index in [2.05, 4.69) is 36.0 Å². The number of likely N-dealkylation sites (tertiary alicyclic amines) is 1. The fourth-order valence-electron chi connectivity index (χ4n) is 3.04. The molecule has 1 aromatic rings.